The van der Waals surface area contributed by atoms with Crippen LogP contribution in [0.5, 0.6) is 0 Å². The quantitative estimate of drug-likeness (QED) is 0.0685. The largest absolute Gasteiger partial charge is 0.458 e. The normalized spacial score (nSPS) is 14.5. The second-order valence-electron chi connectivity index (χ2n) is 10.3. The summed E-state index contributed by atoms with van der Waals surface area (Å²) in [5, 5.41) is 16.3. The van der Waals surface area contributed by atoms with Crippen molar-refractivity contribution >= 4 is 40.8 Å². The van der Waals surface area contributed by atoms with E-state index in [1.54, 1.807) is 47.8 Å². The van der Waals surface area contributed by atoms with Gasteiger partial charge in [-0.3, -0.25) is 19.5 Å². The highest BCUT2D eigenvalue weighted by Crippen LogP contribution is 2.32. The van der Waals surface area contributed by atoms with Crippen LogP contribution in [0, 0.1) is 10.1 Å². The molecule has 46 heavy (non-hydrogen) atoms. The Morgan fingerprint density at radius 2 is 1.89 bits per heavy atom. The van der Waals surface area contributed by atoms with Gasteiger partial charge in [-0.05, 0) is 49.1 Å². The number of carbonyl (C=O) groups excluding carboxylic acids is 1. The van der Waals surface area contributed by atoms with Crippen molar-refractivity contribution < 1.29 is 14.5 Å². The van der Waals surface area contributed by atoms with Gasteiger partial charge in [0.1, 0.15) is 12.3 Å². The Morgan fingerprint density at radius 1 is 1.13 bits per heavy atom. The fourth-order valence-electron chi connectivity index (χ4n) is 5.23. The van der Waals surface area contributed by atoms with Crippen LogP contribution < -0.4 is 14.9 Å². The molecule has 0 amide bonds. The number of allylic oxidation sites excluding steroid dienone is 1. The summed E-state index contributed by atoms with van der Waals surface area (Å²) in [7, 11) is 0. The highest BCUT2D eigenvalue weighted by molar-refractivity contribution is 7.98. The van der Waals surface area contributed by atoms with Gasteiger partial charge in [0.15, 0.2) is 4.80 Å². The molecule has 0 saturated heterocycles. The van der Waals surface area contributed by atoms with Crippen LogP contribution in [-0.2, 0) is 9.53 Å². The van der Waals surface area contributed by atoms with Gasteiger partial charge in [-0.15, -0.1) is 11.8 Å². The molecule has 5 aromatic rings. The van der Waals surface area contributed by atoms with E-state index in [4.69, 9.17) is 9.84 Å². The third-order valence-electron chi connectivity index (χ3n) is 7.39. The average molecular weight is 650 g/mol. The number of hydrogen-bond acceptors (Lipinski definition) is 9. The van der Waals surface area contributed by atoms with Gasteiger partial charge in [-0.1, -0.05) is 66.5 Å². The second-order valence-corrected chi connectivity index (χ2v) is 12.2. The van der Waals surface area contributed by atoms with E-state index in [1.807, 2.05) is 60.9 Å². The number of nitrogens with zero attached hydrogens (tertiary/aromatic N) is 5. The number of rotatable bonds is 9. The lowest BCUT2D eigenvalue weighted by atomic mass is 9.96. The molecule has 0 saturated carbocycles. The molecular formula is C34H27N5O5S2. The molecule has 2 aromatic heterocycles. The van der Waals surface area contributed by atoms with Crippen LogP contribution in [0.3, 0.4) is 0 Å². The van der Waals surface area contributed by atoms with Crippen molar-refractivity contribution in [2.45, 2.75) is 17.9 Å². The molecule has 0 bridgehead atoms. The van der Waals surface area contributed by atoms with Crippen molar-refractivity contribution in [1.82, 2.24) is 14.3 Å². The van der Waals surface area contributed by atoms with Gasteiger partial charge in [0.25, 0.3) is 11.2 Å². The summed E-state index contributed by atoms with van der Waals surface area (Å²) in [6, 6.07) is 22.6. The summed E-state index contributed by atoms with van der Waals surface area (Å²) >= 11 is 2.78. The minimum absolute atomic E-state index is 0.0179. The molecule has 0 radical (unpaired) electrons. The zero-order valence-corrected chi connectivity index (χ0v) is 26.5. The number of ether oxygens (including phenoxy) is 1. The van der Waals surface area contributed by atoms with Gasteiger partial charge in [0.05, 0.1) is 32.5 Å². The zero-order chi connectivity index (χ0) is 32.4. The molecule has 0 fully saturated rings. The number of para-hydroxylation sites is 1. The summed E-state index contributed by atoms with van der Waals surface area (Å²) < 4.78 is 8.99. The monoisotopic (exact) mass is 649 g/mol. The maximum atomic E-state index is 14.3. The summed E-state index contributed by atoms with van der Waals surface area (Å²) in [5.41, 5.74) is 3.39. The molecule has 3 aromatic carbocycles. The van der Waals surface area contributed by atoms with E-state index < -0.39 is 16.9 Å². The fourth-order valence-corrected chi connectivity index (χ4v) is 6.68. The highest BCUT2D eigenvalue weighted by Gasteiger charge is 2.33. The first-order chi connectivity index (χ1) is 22.3. The lowest BCUT2D eigenvalue weighted by Crippen LogP contribution is -2.39. The Morgan fingerprint density at radius 3 is 2.59 bits per heavy atom. The summed E-state index contributed by atoms with van der Waals surface area (Å²) in [6.07, 6.45) is 6.96. The van der Waals surface area contributed by atoms with Crippen molar-refractivity contribution in [3.8, 4) is 16.9 Å². The number of carbonyl (C=O) groups is 1. The lowest BCUT2D eigenvalue weighted by Gasteiger charge is -2.24. The Kier molecular flexibility index (Phi) is 8.64. The van der Waals surface area contributed by atoms with Crippen LogP contribution in [0.2, 0.25) is 0 Å². The predicted octanol–water partition coefficient (Wildman–Crippen LogP) is 5.45. The number of non-ortho nitro benzene ring substituents is 1. The molecule has 0 spiro atoms. The number of aromatic nitrogens is 3. The van der Waals surface area contributed by atoms with E-state index in [-0.39, 0.29) is 23.4 Å². The van der Waals surface area contributed by atoms with Gasteiger partial charge in [0, 0.05) is 34.4 Å². The number of fused-ring (bicyclic) bond motifs is 1. The maximum Gasteiger partial charge on any atom is 0.338 e. The first kappa shape index (κ1) is 30.7. The number of esters is 1. The topological polar surface area (TPSA) is 122 Å². The molecule has 0 N–H and O–H groups in total. The summed E-state index contributed by atoms with van der Waals surface area (Å²) in [4.78, 5) is 44.8. The van der Waals surface area contributed by atoms with E-state index in [0.717, 1.165) is 16.1 Å². The van der Waals surface area contributed by atoms with E-state index >= 15 is 0 Å². The Hall–Kier alpha value is -5.33. The molecule has 1 aliphatic rings. The molecule has 1 unspecified atom stereocenters. The van der Waals surface area contributed by atoms with Crippen molar-refractivity contribution in [2.75, 3.05) is 12.9 Å². The maximum absolute atomic E-state index is 14.3. The molecular weight excluding hydrogens is 623 g/mol. The number of nitro groups is 1. The number of thiazole rings is 1. The summed E-state index contributed by atoms with van der Waals surface area (Å²) in [6.45, 7) is 5.38. The lowest BCUT2D eigenvalue weighted by molar-refractivity contribution is -0.384. The molecule has 6 rings (SSSR count). The van der Waals surface area contributed by atoms with E-state index in [1.165, 1.54) is 34.1 Å². The molecule has 3 heterocycles. The highest BCUT2D eigenvalue weighted by atomic mass is 32.2. The smallest absolute Gasteiger partial charge is 0.338 e. The van der Waals surface area contributed by atoms with E-state index in [2.05, 4.69) is 11.6 Å². The van der Waals surface area contributed by atoms with Gasteiger partial charge in [-0.2, -0.15) is 5.10 Å². The Balaban J connectivity index is 1.55. The summed E-state index contributed by atoms with van der Waals surface area (Å²) in [5.74, 6) is -0.577. The van der Waals surface area contributed by atoms with Gasteiger partial charge in [-0.25, -0.2) is 14.5 Å². The molecule has 230 valence electrons. The van der Waals surface area contributed by atoms with E-state index in [9.17, 15) is 19.7 Å². The van der Waals surface area contributed by atoms with Crippen molar-refractivity contribution in [3.63, 3.8) is 0 Å². The molecule has 1 atom stereocenters. The van der Waals surface area contributed by atoms with Gasteiger partial charge in [0.2, 0.25) is 0 Å². The predicted molar refractivity (Wildman–Crippen MR) is 179 cm³/mol. The van der Waals surface area contributed by atoms with Crippen LogP contribution in [0.1, 0.15) is 24.1 Å². The number of nitro benzene ring substituents is 1. The second kappa shape index (κ2) is 13.0. The zero-order valence-electron chi connectivity index (χ0n) is 24.8. The van der Waals surface area contributed by atoms with Crippen molar-refractivity contribution in [2.24, 2.45) is 4.99 Å². The average Bonchev–Trinajstić information content (AvgIpc) is 3.64. The van der Waals surface area contributed by atoms with Crippen LogP contribution in [0.4, 0.5) is 5.69 Å². The molecule has 1 aliphatic heterocycles. The number of thioether (sulfide) groups is 1. The minimum atomic E-state index is -0.769. The van der Waals surface area contributed by atoms with Crippen molar-refractivity contribution in [3.05, 3.63) is 150 Å². The SMILES string of the molecule is C=CCOC(=O)C1=C(C)N=c2sc(=Cc3cn(-c4ccccc4)nc3-c3cccc([N+](=O)[O-])c3)c(=O)n2C1c1ccc(SC)cc1. The number of benzene rings is 3. The molecule has 12 heteroatoms. The Bertz CT molecular complexity index is 2200. The van der Waals surface area contributed by atoms with Gasteiger partial charge < -0.3 is 4.74 Å². The first-order valence-corrected chi connectivity index (χ1v) is 16.2. The van der Waals surface area contributed by atoms with Crippen LogP contribution in [-0.4, -0.2) is 38.1 Å². The van der Waals surface area contributed by atoms with E-state index in [0.29, 0.717) is 31.9 Å². The fraction of sp³-hybridized carbons (Fsp3) is 0.118. The number of hydrogen-bond donors (Lipinski definition) is 0. The molecule has 10 nitrogen and oxygen atoms in total. The molecule has 0 aliphatic carbocycles. The van der Waals surface area contributed by atoms with Crippen LogP contribution in [0.25, 0.3) is 23.0 Å². The minimum Gasteiger partial charge on any atom is -0.458 e. The van der Waals surface area contributed by atoms with Gasteiger partial charge >= 0.3 is 5.97 Å². The van der Waals surface area contributed by atoms with Crippen molar-refractivity contribution in [1.29, 1.82) is 0 Å². The standard InChI is InChI=1S/C34H27N5O5S2/c1-4-17-44-33(41)29-21(2)35-34-38(31(29)22-13-15-27(45-3)16-14-22)32(40)28(46-34)19-24-20-37(25-10-6-5-7-11-25)36-30(24)23-9-8-12-26(18-23)39(42)43/h4-16,18-20,31H,1,17H2,2-3H3. The first-order valence-electron chi connectivity index (χ1n) is 14.1. The van der Waals surface area contributed by atoms with Crippen LogP contribution >= 0.6 is 23.1 Å². The van der Waals surface area contributed by atoms with Crippen LogP contribution in [0.15, 0.2) is 124 Å². The Labute approximate surface area is 271 Å². The third kappa shape index (κ3) is 5.87. The third-order valence-corrected chi connectivity index (χ3v) is 9.11.